The van der Waals surface area contributed by atoms with Gasteiger partial charge in [0.1, 0.15) is 17.0 Å². The number of aromatic nitrogens is 5. The number of piperidine rings is 1. The van der Waals surface area contributed by atoms with Gasteiger partial charge in [0.2, 0.25) is 0 Å². The maximum absolute atomic E-state index is 12.9. The van der Waals surface area contributed by atoms with Crippen LogP contribution in [0.5, 0.6) is 0 Å². The first-order chi connectivity index (χ1) is 16.2. The summed E-state index contributed by atoms with van der Waals surface area (Å²) < 4.78 is 35.5. The molecule has 0 unspecified atom stereocenters. The Morgan fingerprint density at radius 1 is 1.15 bits per heavy atom. The number of aliphatic carboxylic acids is 1. The Morgan fingerprint density at radius 3 is 2.53 bits per heavy atom. The molecule has 4 aromatic rings. The van der Waals surface area contributed by atoms with Gasteiger partial charge >= 0.3 is 12.1 Å². The van der Waals surface area contributed by atoms with Crippen LogP contribution in [-0.4, -0.2) is 65.5 Å². The van der Waals surface area contributed by atoms with E-state index in [9.17, 15) is 18.0 Å². The zero-order valence-corrected chi connectivity index (χ0v) is 18.4. The summed E-state index contributed by atoms with van der Waals surface area (Å²) in [5.41, 5.74) is 3.41. The van der Waals surface area contributed by atoms with Crippen LogP contribution in [-0.2, 0) is 4.79 Å². The fraction of sp³-hybridized carbons (Fsp3) is 0.286. The number of halogens is 3. The second-order valence-corrected chi connectivity index (χ2v) is 8.27. The molecule has 4 aromatic heterocycles. The SMILES string of the molecule is O=C(O)C(F)(F)F.O=C(c1cnc2ccccn12)N1CCC(n2cc(-c3ccsc3)nn2)CC1. The van der Waals surface area contributed by atoms with Gasteiger partial charge in [-0.25, -0.2) is 14.5 Å². The first-order valence-corrected chi connectivity index (χ1v) is 11.1. The average Bonchev–Trinajstić information content (AvgIpc) is 3.59. The summed E-state index contributed by atoms with van der Waals surface area (Å²) in [6, 6.07) is 8.06. The summed E-state index contributed by atoms with van der Waals surface area (Å²) in [5, 5.41) is 19.8. The molecule has 178 valence electrons. The van der Waals surface area contributed by atoms with Crippen molar-refractivity contribution in [2.75, 3.05) is 13.1 Å². The number of nitrogens with zero attached hydrogens (tertiary/aromatic N) is 6. The molecule has 1 saturated heterocycles. The third-order valence-corrected chi connectivity index (χ3v) is 6.01. The van der Waals surface area contributed by atoms with Crippen LogP contribution in [0.3, 0.4) is 0 Å². The van der Waals surface area contributed by atoms with Crippen LogP contribution in [0, 0.1) is 0 Å². The van der Waals surface area contributed by atoms with Crippen molar-refractivity contribution in [2.45, 2.75) is 25.1 Å². The van der Waals surface area contributed by atoms with E-state index in [1.165, 1.54) is 0 Å². The molecule has 0 radical (unpaired) electrons. The van der Waals surface area contributed by atoms with E-state index in [0.717, 1.165) is 29.7 Å². The summed E-state index contributed by atoms with van der Waals surface area (Å²) in [4.78, 5) is 28.0. The van der Waals surface area contributed by atoms with Crippen LogP contribution in [0.2, 0.25) is 0 Å². The third-order valence-electron chi connectivity index (χ3n) is 5.33. The minimum atomic E-state index is -5.08. The number of carbonyl (C=O) groups is 2. The van der Waals surface area contributed by atoms with Gasteiger partial charge < -0.3 is 10.0 Å². The number of hydrogen-bond donors (Lipinski definition) is 1. The number of thiophene rings is 1. The molecule has 1 N–H and O–H groups in total. The quantitative estimate of drug-likeness (QED) is 0.467. The van der Waals surface area contributed by atoms with Gasteiger partial charge in [-0.1, -0.05) is 11.3 Å². The van der Waals surface area contributed by atoms with Crippen LogP contribution < -0.4 is 0 Å². The Hall–Kier alpha value is -3.74. The molecule has 34 heavy (non-hydrogen) atoms. The number of amides is 1. The second kappa shape index (κ2) is 9.63. The molecule has 0 aromatic carbocycles. The zero-order valence-electron chi connectivity index (χ0n) is 17.6. The van der Waals surface area contributed by atoms with Crippen LogP contribution in [0.15, 0.2) is 53.6 Å². The van der Waals surface area contributed by atoms with E-state index in [4.69, 9.17) is 9.90 Å². The predicted molar refractivity (Wildman–Crippen MR) is 116 cm³/mol. The number of hydrogen-bond acceptors (Lipinski definition) is 6. The van der Waals surface area contributed by atoms with Gasteiger partial charge in [-0.15, -0.1) is 5.10 Å². The fourth-order valence-electron chi connectivity index (χ4n) is 3.58. The van der Waals surface area contributed by atoms with E-state index < -0.39 is 12.1 Å². The molecule has 1 aliphatic rings. The van der Waals surface area contributed by atoms with Gasteiger partial charge in [0, 0.05) is 30.2 Å². The maximum atomic E-state index is 12.9. The van der Waals surface area contributed by atoms with E-state index in [0.29, 0.717) is 18.8 Å². The van der Waals surface area contributed by atoms with Crippen LogP contribution in [0.1, 0.15) is 29.4 Å². The van der Waals surface area contributed by atoms with Crippen molar-refractivity contribution in [1.29, 1.82) is 0 Å². The second-order valence-electron chi connectivity index (χ2n) is 7.49. The molecule has 5 heterocycles. The Balaban J connectivity index is 0.000000344. The molecule has 1 aliphatic heterocycles. The van der Waals surface area contributed by atoms with Crippen molar-refractivity contribution in [3.63, 3.8) is 0 Å². The number of rotatable bonds is 3. The minimum Gasteiger partial charge on any atom is -0.475 e. The van der Waals surface area contributed by atoms with Gasteiger partial charge in [-0.3, -0.25) is 9.20 Å². The van der Waals surface area contributed by atoms with Gasteiger partial charge in [-0.05, 0) is 36.4 Å². The number of likely N-dealkylation sites (tertiary alicyclic amines) is 1. The normalized spacial score (nSPS) is 14.6. The van der Waals surface area contributed by atoms with Crippen LogP contribution in [0.25, 0.3) is 16.9 Å². The molecule has 0 spiro atoms. The molecular weight excluding hydrogens is 473 g/mol. The number of pyridine rings is 1. The van der Waals surface area contributed by atoms with Crippen molar-refractivity contribution in [1.82, 2.24) is 29.3 Å². The van der Waals surface area contributed by atoms with E-state index in [2.05, 4.69) is 26.7 Å². The van der Waals surface area contributed by atoms with Crippen molar-refractivity contribution in [2.24, 2.45) is 0 Å². The van der Waals surface area contributed by atoms with E-state index in [1.807, 2.05) is 50.0 Å². The monoisotopic (exact) mass is 492 g/mol. The maximum Gasteiger partial charge on any atom is 0.490 e. The number of fused-ring (bicyclic) bond motifs is 1. The van der Waals surface area contributed by atoms with Crippen molar-refractivity contribution >= 4 is 28.9 Å². The molecular formula is C21H19F3N6O3S. The number of carboxylic acid groups (broad SMARTS) is 1. The molecule has 0 saturated carbocycles. The first kappa shape index (κ1) is 23.4. The number of imidazole rings is 1. The number of alkyl halides is 3. The molecule has 5 rings (SSSR count). The van der Waals surface area contributed by atoms with E-state index in [-0.39, 0.29) is 11.9 Å². The lowest BCUT2D eigenvalue weighted by atomic mass is 10.0. The zero-order chi connectivity index (χ0) is 24.3. The predicted octanol–water partition coefficient (Wildman–Crippen LogP) is 3.76. The van der Waals surface area contributed by atoms with Gasteiger partial charge in [0.05, 0.1) is 18.4 Å². The fourth-order valence-corrected chi connectivity index (χ4v) is 4.23. The highest BCUT2D eigenvalue weighted by molar-refractivity contribution is 7.08. The highest BCUT2D eigenvalue weighted by Gasteiger charge is 2.38. The standard InChI is InChI=1S/C19H18N6OS.C2HF3O2/c26-19(17-11-20-18-3-1-2-7-24(17)18)23-8-4-15(5-9-23)25-12-16(21-22-25)14-6-10-27-13-14;3-2(4,5)1(6)7/h1-3,6-7,10-13,15H,4-5,8-9H2;(H,6,7). The summed E-state index contributed by atoms with van der Waals surface area (Å²) in [6.07, 6.45) is 2.20. The lowest BCUT2D eigenvalue weighted by Gasteiger charge is -2.31. The lowest BCUT2D eigenvalue weighted by molar-refractivity contribution is -0.192. The van der Waals surface area contributed by atoms with Crippen molar-refractivity contribution in [3.05, 3.63) is 59.3 Å². The summed E-state index contributed by atoms with van der Waals surface area (Å²) >= 11 is 1.65. The summed E-state index contributed by atoms with van der Waals surface area (Å²) in [6.45, 7) is 1.41. The minimum absolute atomic E-state index is 0.0321. The molecule has 0 atom stereocenters. The Morgan fingerprint density at radius 2 is 1.88 bits per heavy atom. The topological polar surface area (TPSA) is 106 Å². The van der Waals surface area contributed by atoms with Crippen molar-refractivity contribution in [3.8, 4) is 11.3 Å². The highest BCUT2D eigenvalue weighted by atomic mass is 32.1. The Bertz CT molecular complexity index is 1280. The summed E-state index contributed by atoms with van der Waals surface area (Å²) in [7, 11) is 0. The molecule has 13 heteroatoms. The first-order valence-electron chi connectivity index (χ1n) is 10.2. The largest absolute Gasteiger partial charge is 0.490 e. The lowest BCUT2D eigenvalue weighted by Crippen LogP contribution is -2.39. The Kier molecular flexibility index (Phi) is 6.63. The highest BCUT2D eigenvalue weighted by Crippen LogP contribution is 2.26. The van der Waals surface area contributed by atoms with Gasteiger partial charge in [0.15, 0.2) is 0 Å². The Labute approximate surface area is 195 Å². The average molecular weight is 492 g/mol. The molecule has 1 amide bonds. The molecule has 9 nitrogen and oxygen atoms in total. The van der Waals surface area contributed by atoms with E-state index in [1.54, 1.807) is 17.5 Å². The number of carbonyl (C=O) groups excluding carboxylic acids is 1. The number of carboxylic acids is 1. The van der Waals surface area contributed by atoms with E-state index >= 15 is 0 Å². The molecule has 0 aliphatic carbocycles. The van der Waals surface area contributed by atoms with Gasteiger partial charge in [0.25, 0.3) is 5.91 Å². The molecule has 0 bridgehead atoms. The van der Waals surface area contributed by atoms with Gasteiger partial charge in [-0.2, -0.15) is 24.5 Å². The van der Waals surface area contributed by atoms with Crippen LogP contribution in [0.4, 0.5) is 13.2 Å². The molecule has 1 fully saturated rings. The third kappa shape index (κ3) is 5.09. The smallest absolute Gasteiger partial charge is 0.475 e. The summed E-state index contributed by atoms with van der Waals surface area (Å²) in [5.74, 6) is -2.72. The van der Waals surface area contributed by atoms with Crippen LogP contribution >= 0.6 is 11.3 Å². The van der Waals surface area contributed by atoms with Crippen molar-refractivity contribution < 1.29 is 27.9 Å².